The second-order valence-electron chi connectivity index (χ2n) is 4.15. The lowest BCUT2D eigenvalue weighted by atomic mass is 10.1. The van der Waals surface area contributed by atoms with Gasteiger partial charge in [0.1, 0.15) is 0 Å². The van der Waals surface area contributed by atoms with Crippen LogP contribution in [0.2, 0.25) is 0 Å². The minimum Gasteiger partial charge on any atom is -0.388 e. The van der Waals surface area contributed by atoms with E-state index in [0.29, 0.717) is 13.2 Å². The summed E-state index contributed by atoms with van der Waals surface area (Å²) in [5.74, 6) is 0. The molecule has 3 heteroatoms. The highest BCUT2D eigenvalue weighted by Gasteiger charge is 2.25. The number of hydrogen-bond acceptors (Lipinski definition) is 3. The van der Waals surface area contributed by atoms with Gasteiger partial charge in [-0.3, -0.25) is 0 Å². The second-order valence-corrected chi connectivity index (χ2v) is 4.15. The molecule has 3 nitrogen and oxygen atoms in total. The van der Waals surface area contributed by atoms with E-state index in [9.17, 15) is 5.11 Å². The number of nitrogens with one attached hydrogen (secondary N) is 1. The molecule has 0 aromatic heterocycles. The van der Waals surface area contributed by atoms with E-state index in [-0.39, 0.29) is 6.04 Å². The fraction of sp³-hybridized carbons (Fsp3) is 0.500. The number of aliphatic hydroxyl groups excluding tert-OH is 1. The first-order valence-electron chi connectivity index (χ1n) is 5.26. The van der Waals surface area contributed by atoms with Crippen LogP contribution in [0, 0.1) is 13.8 Å². The Hall–Kier alpha value is -1.06. The average molecular weight is 207 g/mol. The smallest absolute Gasteiger partial charge is 0.0996 e. The fourth-order valence-corrected chi connectivity index (χ4v) is 1.73. The predicted octanol–water partition coefficient (Wildman–Crippen LogP) is 1.48. The van der Waals surface area contributed by atoms with Crippen LogP contribution in [-0.4, -0.2) is 30.5 Å². The van der Waals surface area contributed by atoms with Crippen LogP contribution in [0.1, 0.15) is 11.1 Å². The molecule has 0 radical (unpaired) electrons. The molecule has 0 amide bonds. The maximum Gasteiger partial charge on any atom is 0.0996 e. The van der Waals surface area contributed by atoms with E-state index in [0.717, 1.165) is 5.69 Å². The topological polar surface area (TPSA) is 41.5 Å². The molecule has 1 saturated heterocycles. The molecule has 2 N–H and O–H groups in total. The van der Waals surface area contributed by atoms with Crippen LogP contribution in [0.15, 0.2) is 18.2 Å². The fourth-order valence-electron chi connectivity index (χ4n) is 1.73. The summed E-state index contributed by atoms with van der Waals surface area (Å²) in [6.07, 6.45) is -0.397. The number of aryl methyl sites for hydroxylation is 2. The van der Waals surface area contributed by atoms with E-state index in [1.807, 2.05) is 6.07 Å². The van der Waals surface area contributed by atoms with Crippen molar-refractivity contribution in [3.8, 4) is 0 Å². The normalized spacial score (nSPS) is 25.5. The molecule has 0 saturated carbocycles. The predicted molar refractivity (Wildman–Crippen MR) is 60.2 cm³/mol. The van der Waals surface area contributed by atoms with Crippen LogP contribution < -0.4 is 5.32 Å². The highest BCUT2D eigenvalue weighted by molar-refractivity contribution is 5.49. The molecule has 0 unspecified atom stereocenters. The van der Waals surface area contributed by atoms with Gasteiger partial charge in [0.2, 0.25) is 0 Å². The first kappa shape index (κ1) is 10.5. The zero-order valence-electron chi connectivity index (χ0n) is 9.16. The largest absolute Gasteiger partial charge is 0.388 e. The quantitative estimate of drug-likeness (QED) is 0.771. The average Bonchev–Trinajstić information content (AvgIpc) is 2.59. The van der Waals surface area contributed by atoms with Crippen molar-refractivity contribution in [1.82, 2.24) is 0 Å². The molecule has 1 aliphatic rings. The van der Waals surface area contributed by atoms with Crippen molar-refractivity contribution in [1.29, 1.82) is 0 Å². The molecule has 1 heterocycles. The number of aliphatic hydroxyl groups is 1. The lowest BCUT2D eigenvalue weighted by molar-refractivity contribution is 0.125. The van der Waals surface area contributed by atoms with Crippen LogP contribution in [0.25, 0.3) is 0 Å². The van der Waals surface area contributed by atoms with Gasteiger partial charge in [-0.1, -0.05) is 6.07 Å². The van der Waals surface area contributed by atoms with Crippen molar-refractivity contribution >= 4 is 5.69 Å². The summed E-state index contributed by atoms with van der Waals surface area (Å²) in [4.78, 5) is 0. The van der Waals surface area contributed by atoms with E-state index in [1.165, 1.54) is 11.1 Å². The molecule has 1 aliphatic heterocycles. The van der Waals surface area contributed by atoms with E-state index in [4.69, 9.17) is 4.74 Å². The standard InChI is InChI=1S/C12H17NO2/c1-8-3-4-10(5-9(8)2)13-11-6-15-7-12(11)14/h3-5,11-14H,6-7H2,1-2H3/t11-,12-/m1/s1. The second kappa shape index (κ2) is 4.21. The van der Waals surface area contributed by atoms with Gasteiger partial charge in [0.25, 0.3) is 0 Å². The zero-order valence-corrected chi connectivity index (χ0v) is 9.16. The van der Waals surface area contributed by atoms with Crippen LogP contribution in [0.5, 0.6) is 0 Å². The lowest BCUT2D eigenvalue weighted by Gasteiger charge is -2.16. The molecule has 1 aromatic rings. The Labute approximate surface area is 90.1 Å². The highest BCUT2D eigenvalue weighted by atomic mass is 16.5. The molecular weight excluding hydrogens is 190 g/mol. The maximum atomic E-state index is 9.59. The third-order valence-corrected chi connectivity index (χ3v) is 2.91. The summed E-state index contributed by atoms with van der Waals surface area (Å²) in [5.41, 5.74) is 3.59. The summed E-state index contributed by atoms with van der Waals surface area (Å²) >= 11 is 0. The molecular formula is C12H17NO2. The van der Waals surface area contributed by atoms with Crippen molar-refractivity contribution in [3.63, 3.8) is 0 Å². The number of ether oxygens (including phenoxy) is 1. The minimum atomic E-state index is -0.397. The number of hydrogen-bond donors (Lipinski definition) is 2. The number of benzene rings is 1. The Balaban J connectivity index is 2.07. The highest BCUT2D eigenvalue weighted by Crippen LogP contribution is 2.17. The van der Waals surface area contributed by atoms with Crippen molar-refractivity contribution in [3.05, 3.63) is 29.3 Å². The third kappa shape index (κ3) is 2.30. The van der Waals surface area contributed by atoms with E-state index >= 15 is 0 Å². The Morgan fingerprint density at radius 3 is 2.67 bits per heavy atom. The Kier molecular flexibility index (Phi) is 2.93. The monoisotopic (exact) mass is 207 g/mol. The molecule has 15 heavy (non-hydrogen) atoms. The number of anilines is 1. The summed E-state index contributed by atoms with van der Waals surface area (Å²) in [5, 5.41) is 12.9. The molecule has 0 bridgehead atoms. The van der Waals surface area contributed by atoms with Crippen LogP contribution in [0.4, 0.5) is 5.69 Å². The summed E-state index contributed by atoms with van der Waals surface area (Å²) in [7, 11) is 0. The van der Waals surface area contributed by atoms with Gasteiger partial charge in [0, 0.05) is 5.69 Å². The van der Waals surface area contributed by atoms with Gasteiger partial charge in [-0.2, -0.15) is 0 Å². The number of rotatable bonds is 2. The Bertz CT molecular complexity index is 351. The van der Waals surface area contributed by atoms with Crippen molar-refractivity contribution in [2.24, 2.45) is 0 Å². The molecule has 0 spiro atoms. The molecule has 1 aromatic carbocycles. The Morgan fingerprint density at radius 2 is 2.07 bits per heavy atom. The Morgan fingerprint density at radius 1 is 1.27 bits per heavy atom. The van der Waals surface area contributed by atoms with Crippen molar-refractivity contribution < 1.29 is 9.84 Å². The summed E-state index contributed by atoms with van der Waals surface area (Å²) in [6.45, 7) is 5.19. The van der Waals surface area contributed by atoms with E-state index < -0.39 is 6.10 Å². The molecule has 0 aliphatic carbocycles. The zero-order chi connectivity index (χ0) is 10.8. The van der Waals surface area contributed by atoms with Gasteiger partial charge in [-0.25, -0.2) is 0 Å². The third-order valence-electron chi connectivity index (χ3n) is 2.91. The van der Waals surface area contributed by atoms with E-state index in [1.54, 1.807) is 0 Å². The van der Waals surface area contributed by atoms with Crippen molar-refractivity contribution in [2.75, 3.05) is 18.5 Å². The first-order valence-corrected chi connectivity index (χ1v) is 5.26. The summed E-state index contributed by atoms with van der Waals surface area (Å²) in [6, 6.07) is 6.24. The lowest BCUT2D eigenvalue weighted by Crippen LogP contribution is -2.31. The van der Waals surface area contributed by atoms with Crippen LogP contribution in [0.3, 0.4) is 0 Å². The summed E-state index contributed by atoms with van der Waals surface area (Å²) < 4.78 is 5.18. The molecule has 2 rings (SSSR count). The van der Waals surface area contributed by atoms with Crippen molar-refractivity contribution in [2.45, 2.75) is 26.0 Å². The minimum absolute atomic E-state index is 0.0205. The SMILES string of the molecule is Cc1ccc(N[C@@H]2COC[C@H]2O)cc1C. The van der Waals surface area contributed by atoms with Gasteiger partial charge in [0.05, 0.1) is 25.4 Å². The van der Waals surface area contributed by atoms with Gasteiger partial charge in [-0.05, 0) is 37.1 Å². The molecule has 82 valence electrons. The first-order chi connectivity index (χ1) is 7.16. The van der Waals surface area contributed by atoms with Gasteiger partial charge >= 0.3 is 0 Å². The van der Waals surface area contributed by atoms with Gasteiger partial charge in [0.15, 0.2) is 0 Å². The van der Waals surface area contributed by atoms with Crippen LogP contribution in [-0.2, 0) is 4.74 Å². The van der Waals surface area contributed by atoms with E-state index in [2.05, 4.69) is 31.3 Å². The van der Waals surface area contributed by atoms with Gasteiger partial charge in [-0.15, -0.1) is 0 Å². The molecule has 1 fully saturated rings. The van der Waals surface area contributed by atoms with Gasteiger partial charge < -0.3 is 15.2 Å². The van der Waals surface area contributed by atoms with Crippen LogP contribution >= 0.6 is 0 Å². The maximum absolute atomic E-state index is 9.59. The molecule has 2 atom stereocenters.